The molecule has 1 fully saturated rings. The van der Waals surface area contributed by atoms with Crippen molar-refractivity contribution in [2.45, 2.75) is 6.42 Å². The van der Waals surface area contributed by atoms with Crippen molar-refractivity contribution in [3.8, 4) is 0 Å². The predicted octanol–water partition coefficient (Wildman–Crippen LogP) is 1.08. The van der Waals surface area contributed by atoms with Gasteiger partial charge in [0.15, 0.2) is 0 Å². The number of carbonyl (C=O) groups excluding carboxylic acids is 2. The Labute approximate surface area is 103 Å². The van der Waals surface area contributed by atoms with E-state index < -0.39 is 5.97 Å². The monoisotopic (exact) mass is 254 g/mol. The zero-order chi connectivity index (χ0) is 12.3. The number of rotatable bonds is 3. The fourth-order valence-corrected chi connectivity index (χ4v) is 2.54. The molecule has 92 valence electrons. The van der Waals surface area contributed by atoms with Crippen LogP contribution in [-0.2, 0) is 9.53 Å². The van der Waals surface area contributed by atoms with E-state index in [0.717, 1.165) is 13.0 Å². The number of amides is 1. The van der Waals surface area contributed by atoms with E-state index in [0.29, 0.717) is 17.1 Å². The van der Waals surface area contributed by atoms with E-state index in [1.165, 1.54) is 18.4 Å². The van der Waals surface area contributed by atoms with Crippen LogP contribution in [-0.4, -0.2) is 32.1 Å². The van der Waals surface area contributed by atoms with Crippen LogP contribution in [0.1, 0.15) is 16.1 Å². The van der Waals surface area contributed by atoms with Gasteiger partial charge in [-0.1, -0.05) is 0 Å². The molecular formula is C11H14N2O3S. The van der Waals surface area contributed by atoms with E-state index in [4.69, 9.17) is 0 Å². The second-order valence-corrected chi connectivity index (χ2v) is 4.75. The van der Waals surface area contributed by atoms with Gasteiger partial charge in [-0.15, -0.1) is 11.3 Å². The van der Waals surface area contributed by atoms with Crippen molar-refractivity contribution in [2.75, 3.05) is 25.5 Å². The molecule has 0 saturated carbocycles. The highest BCUT2D eigenvalue weighted by Gasteiger charge is 2.24. The van der Waals surface area contributed by atoms with E-state index in [2.05, 4.69) is 15.4 Å². The molecular weight excluding hydrogens is 240 g/mol. The van der Waals surface area contributed by atoms with Gasteiger partial charge in [-0.3, -0.25) is 4.79 Å². The highest BCUT2D eigenvalue weighted by atomic mass is 32.1. The van der Waals surface area contributed by atoms with Gasteiger partial charge in [0.05, 0.1) is 18.7 Å². The van der Waals surface area contributed by atoms with Gasteiger partial charge in [0, 0.05) is 6.54 Å². The Kier molecular flexibility index (Phi) is 3.75. The largest absolute Gasteiger partial charge is 0.465 e. The number of thiophene rings is 1. The van der Waals surface area contributed by atoms with Crippen LogP contribution >= 0.6 is 11.3 Å². The first-order valence-corrected chi connectivity index (χ1v) is 6.27. The second-order valence-electron chi connectivity index (χ2n) is 3.83. The Hall–Kier alpha value is -1.40. The van der Waals surface area contributed by atoms with E-state index in [1.54, 1.807) is 11.4 Å². The Morgan fingerprint density at radius 2 is 2.41 bits per heavy atom. The fraction of sp³-hybridized carbons (Fsp3) is 0.455. The lowest BCUT2D eigenvalue weighted by molar-refractivity contribution is -0.119. The zero-order valence-corrected chi connectivity index (χ0v) is 10.3. The summed E-state index contributed by atoms with van der Waals surface area (Å²) < 4.78 is 4.65. The summed E-state index contributed by atoms with van der Waals surface area (Å²) >= 11 is 1.26. The summed E-state index contributed by atoms with van der Waals surface area (Å²) in [5.41, 5.74) is 0.541. The lowest BCUT2D eigenvalue weighted by Crippen LogP contribution is -2.25. The summed E-state index contributed by atoms with van der Waals surface area (Å²) in [6.07, 6.45) is 0.837. The molecule has 1 aromatic heterocycles. The topological polar surface area (TPSA) is 67.4 Å². The number of carbonyl (C=O) groups is 2. The molecule has 1 aliphatic rings. The summed E-state index contributed by atoms with van der Waals surface area (Å²) in [6, 6.07) is 1.72. The summed E-state index contributed by atoms with van der Waals surface area (Å²) in [6.45, 7) is 1.56. The standard InChI is InChI=1S/C11H14N2O3S/c1-16-11(15)9-8(3-5-17-9)13-10(14)7-2-4-12-6-7/h3,5,7,12H,2,4,6H2,1H3,(H,13,14). The smallest absolute Gasteiger partial charge is 0.350 e. The molecule has 0 bridgehead atoms. The normalized spacial score (nSPS) is 19.0. The molecule has 1 saturated heterocycles. The fourth-order valence-electron chi connectivity index (χ4n) is 1.77. The van der Waals surface area contributed by atoms with E-state index >= 15 is 0 Å². The maximum absolute atomic E-state index is 11.9. The van der Waals surface area contributed by atoms with Gasteiger partial charge >= 0.3 is 5.97 Å². The van der Waals surface area contributed by atoms with E-state index in [-0.39, 0.29) is 11.8 Å². The minimum atomic E-state index is -0.417. The summed E-state index contributed by atoms with van der Waals surface area (Å²) in [4.78, 5) is 23.7. The molecule has 2 N–H and O–H groups in total. The molecule has 0 radical (unpaired) electrons. The maximum Gasteiger partial charge on any atom is 0.350 e. The van der Waals surface area contributed by atoms with Crippen molar-refractivity contribution in [1.82, 2.24) is 5.32 Å². The molecule has 6 heteroatoms. The van der Waals surface area contributed by atoms with Crippen LogP contribution in [0.25, 0.3) is 0 Å². The van der Waals surface area contributed by atoms with Gasteiger partial charge in [-0.2, -0.15) is 0 Å². The lowest BCUT2D eigenvalue weighted by atomic mass is 10.1. The molecule has 0 spiro atoms. The molecule has 2 heterocycles. The van der Waals surface area contributed by atoms with Crippen molar-refractivity contribution in [2.24, 2.45) is 5.92 Å². The molecule has 1 unspecified atom stereocenters. The van der Waals surface area contributed by atoms with Crippen LogP contribution in [0.15, 0.2) is 11.4 Å². The van der Waals surface area contributed by atoms with Crippen LogP contribution in [0.3, 0.4) is 0 Å². The summed E-state index contributed by atoms with van der Waals surface area (Å²) in [5.74, 6) is -0.473. The highest BCUT2D eigenvalue weighted by molar-refractivity contribution is 7.12. The van der Waals surface area contributed by atoms with Gasteiger partial charge in [-0.05, 0) is 24.4 Å². The number of hydrogen-bond acceptors (Lipinski definition) is 5. The molecule has 17 heavy (non-hydrogen) atoms. The molecule has 1 aliphatic heterocycles. The molecule has 1 aromatic rings. The van der Waals surface area contributed by atoms with Crippen molar-refractivity contribution in [1.29, 1.82) is 0 Å². The third-order valence-electron chi connectivity index (χ3n) is 2.72. The van der Waals surface area contributed by atoms with Crippen molar-refractivity contribution < 1.29 is 14.3 Å². The Bertz CT molecular complexity index is 424. The summed E-state index contributed by atoms with van der Waals surface area (Å²) in [7, 11) is 1.33. The van der Waals surface area contributed by atoms with Crippen LogP contribution in [0.2, 0.25) is 0 Å². The third-order valence-corrected chi connectivity index (χ3v) is 3.62. The Morgan fingerprint density at radius 1 is 1.59 bits per heavy atom. The Balaban J connectivity index is 2.05. The number of nitrogens with one attached hydrogen (secondary N) is 2. The number of methoxy groups -OCH3 is 1. The van der Waals surface area contributed by atoms with Crippen LogP contribution < -0.4 is 10.6 Å². The highest BCUT2D eigenvalue weighted by Crippen LogP contribution is 2.24. The van der Waals surface area contributed by atoms with Gasteiger partial charge in [-0.25, -0.2) is 4.79 Å². The average molecular weight is 254 g/mol. The minimum absolute atomic E-state index is 0.0135. The first-order chi connectivity index (χ1) is 8.22. The molecule has 0 aromatic carbocycles. The van der Waals surface area contributed by atoms with Gasteiger partial charge in [0.25, 0.3) is 0 Å². The SMILES string of the molecule is COC(=O)c1sccc1NC(=O)C1CCNC1. The molecule has 1 amide bonds. The van der Waals surface area contributed by atoms with E-state index in [1.807, 2.05) is 0 Å². The lowest BCUT2D eigenvalue weighted by Gasteiger charge is -2.09. The van der Waals surface area contributed by atoms with E-state index in [9.17, 15) is 9.59 Å². The number of ether oxygens (including phenoxy) is 1. The number of anilines is 1. The first-order valence-electron chi connectivity index (χ1n) is 5.39. The minimum Gasteiger partial charge on any atom is -0.465 e. The first kappa shape index (κ1) is 12.1. The Morgan fingerprint density at radius 3 is 3.06 bits per heavy atom. The molecule has 0 aliphatic carbocycles. The van der Waals surface area contributed by atoms with Crippen molar-refractivity contribution in [3.63, 3.8) is 0 Å². The quantitative estimate of drug-likeness (QED) is 0.792. The second kappa shape index (κ2) is 5.29. The van der Waals surface area contributed by atoms with Crippen molar-refractivity contribution in [3.05, 3.63) is 16.3 Å². The van der Waals surface area contributed by atoms with Gasteiger partial charge in [0.2, 0.25) is 5.91 Å². The molecule has 1 atom stereocenters. The average Bonchev–Trinajstić information content (AvgIpc) is 2.98. The van der Waals surface area contributed by atoms with Crippen molar-refractivity contribution >= 4 is 28.9 Å². The van der Waals surface area contributed by atoms with Crippen LogP contribution in [0, 0.1) is 5.92 Å². The van der Waals surface area contributed by atoms with Crippen LogP contribution in [0.5, 0.6) is 0 Å². The van der Waals surface area contributed by atoms with Gasteiger partial charge in [0.1, 0.15) is 4.88 Å². The van der Waals surface area contributed by atoms with Crippen LogP contribution in [0.4, 0.5) is 5.69 Å². The maximum atomic E-state index is 11.9. The molecule has 5 nitrogen and oxygen atoms in total. The predicted molar refractivity (Wildman–Crippen MR) is 65.3 cm³/mol. The zero-order valence-electron chi connectivity index (χ0n) is 9.49. The van der Waals surface area contributed by atoms with Gasteiger partial charge < -0.3 is 15.4 Å². The third kappa shape index (κ3) is 2.65. The summed E-state index contributed by atoms with van der Waals surface area (Å²) in [5, 5.41) is 7.67. The molecule has 2 rings (SSSR count). The number of esters is 1. The number of hydrogen-bond donors (Lipinski definition) is 2.